The Balaban J connectivity index is 1.68. The molecule has 3 rings (SSSR count). The van der Waals surface area contributed by atoms with E-state index in [4.69, 9.17) is 4.74 Å². The van der Waals surface area contributed by atoms with E-state index >= 15 is 0 Å². The van der Waals surface area contributed by atoms with Crippen molar-refractivity contribution in [2.75, 3.05) is 0 Å². The maximum atomic E-state index is 5.99. The molecule has 0 saturated heterocycles. The number of aromatic nitrogens is 1. The Morgan fingerprint density at radius 1 is 1.12 bits per heavy atom. The second-order valence-corrected chi connectivity index (χ2v) is 6.19. The molecule has 0 aliphatic carbocycles. The van der Waals surface area contributed by atoms with E-state index < -0.39 is 0 Å². The number of benzene rings is 1. The summed E-state index contributed by atoms with van der Waals surface area (Å²) in [4.78, 5) is 0. The topological polar surface area (TPSA) is 13.1 Å². The maximum absolute atomic E-state index is 5.99. The van der Waals surface area contributed by atoms with Crippen molar-refractivity contribution in [1.29, 1.82) is 0 Å². The quantitative estimate of drug-likeness (QED) is 0.616. The molecule has 0 bridgehead atoms. The van der Waals surface area contributed by atoms with Crippen molar-refractivity contribution in [3.8, 4) is 0 Å². The van der Waals surface area contributed by atoms with Crippen molar-refractivity contribution in [2.24, 2.45) is 0 Å². The fraction of sp³-hybridized carbons (Fsp3) is 0.214. The second kappa shape index (κ2) is 5.01. The standard InChI is InChI=1S/C14H14NOSe/c1-2-6-12(7-3-1)10-16-13-11-17-14-8-4-5-9-15(13)14/h1-9,13H,10-11H2/q+1. The molecule has 0 amide bonds. The Morgan fingerprint density at radius 2 is 1.94 bits per heavy atom. The molecular weight excluding hydrogens is 277 g/mol. The summed E-state index contributed by atoms with van der Waals surface area (Å²) >= 11 is 0.558. The van der Waals surface area contributed by atoms with Crippen LogP contribution in [0.15, 0.2) is 54.7 Å². The van der Waals surface area contributed by atoms with Gasteiger partial charge in [-0.1, -0.05) is 0 Å². The third-order valence-corrected chi connectivity index (χ3v) is 5.12. The Morgan fingerprint density at radius 3 is 2.82 bits per heavy atom. The number of pyridine rings is 1. The van der Waals surface area contributed by atoms with Crippen molar-refractivity contribution in [2.45, 2.75) is 18.2 Å². The number of hydrogen-bond donors (Lipinski definition) is 0. The Hall–Kier alpha value is -1.15. The predicted octanol–water partition coefficient (Wildman–Crippen LogP) is 1.45. The summed E-state index contributed by atoms with van der Waals surface area (Å²) in [7, 11) is 0. The zero-order chi connectivity index (χ0) is 11.5. The van der Waals surface area contributed by atoms with Crippen LogP contribution in [-0.2, 0) is 11.3 Å². The molecule has 2 aromatic rings. The van der Waals surface area contributed by atoms with E-state index in [1.54, 1.807) is 0 Å². The van der Waals surface area contributed by atoms with Crippen LogP contribution in [0, 0.1) is 0 Å². The van der Waals surface area contributed by atoms with Gasteiger partial charge in [-0.2, -0.15) is 0 Å². The molecule has 0 fully saturated rings. The van der Waals surface area contributed by atoms with E-state index in [2.05, 4.69) is 53.2 Å². The van der Waals surface area contributed by atoms with Crippen LogP contribution in [0.5, 0.6) is 0 Å². The van der Waals surface area contributed by atoms with Crippen LogP contribution < -0.4 is 9.16 Å². The number of hydrogen-bond acceptors (Lipinski definition) is 1. The summed E-state index contributed by atoms with van der Waals surface area (Å²) in [5.74, 6) is 0. The van der Waals surface area contributed by atoms with E-state index in [1.807, 2.05) is 6.07 Å². The van der Waals surface area contributed by atoms with Crippen LogP contribution in [0.2, 0.25) is 5.32 Å². The van der Waals surface area contributed by atoms with Gasteiger partial charge in [-0.3, -0.25) is 0 Å². The van der Waals surface area contributed by atoms with Crippen molar-refractivity contribution in [3.05, 3.63) is 60.3 Å². The summed E-state index contributed by atoms with van der Waals surface area (Å²) in [6.07, 6.45) is 2.35. The third-order valence-electron chi connectivity index (χ3n) is 2.82. The van der Waals surface area contributed by atoms with Gasteiger partial charge < -0.3 is 0 Å². The molecule has 2 heterocycles. The molecule has 1 aromatic carbocycles. The van der Waals surface area contributed by atoms with Gasteiger partial charge in [0.05, 0.1) is 0 Å². The summed E-state index contributed by atoms with van der Waals surface area (Å²) in [6, 6.07) is 16.7. The van der Waals surface area contributed by atoms with Gasteiger partial charge in [0, 0.05) is 0 Å². The molecule has 1 atom stereocenters. The van der Waals surface area contributed by atoms with Crippen LogP contribution in [0.25, 0.3) is 0 Å². The first kappa shape index (κ1) is 11.0. The van der Waals surface area contributed by atoms with E-state index in [9.17, 15) is 0 Å². The summed E-state index contributed by atoms with van der Waals surface area (Å²) < 4.78 is 9.69. The van der Waals surface area contributed by atoms with Crippen LogP contribution >= 0.6 is 0 Å². The SMILES string of the molecule is c1ccc(COC2C[Se]c3cccc[n+]32)cc1. The van der Waals surface area contributed by atoms with Gasteiger partial charge in [0.15, 0.2) is 0 Å². The second-order valence-electron chi connectivity index (χ2n) is 4.01. The predicted molar refractivity (Wildman–Crippen MR) is 67.1 cm³/mol. The summed E-state index contributed by atoms with van der Waals surface area (Å²) in [6.45, 7) is 0.697. The molecule has 3 heteroatoms. The zero-order valence-corrected chi connectivity index (χ0v) is 11.2. The Kier molecular flexibility index (Phi) is 3.23. The van der Waals surface area contributed by atoms with Gasteiger partial charge in [0.25, 0.3) is 0 Å². The third kappa shape index (κ3) is 2.42. The molecule has 0 radical (unpaired) electrons. The van der Waals surface area contributed by atoms with Crippen molar-refractivity contribution >= 4 is 19.5 Å². The summed E-state index contributed by atoms with van der Waals surface area (Å²) in [5.41, 5.74) is 1.24. The first-order valence-corrected chi connectivity index (χ1v) is 7.79. The van der Waals surface area contributed by atoms with Gasteiger partial charge in [-0.25, -0.2) is 0 Å². The van der Waals surface area contributed by atoms with Gasteiger partial charge in [-0.15, -0.1) is 0 Å². The molecule has 17 heavy (non-hydrogen) atoms. The molecule has 1 unspecified atom stereocenters. The molecule has 0 N–H and O–H groups in total. The first-order valence-electron chi connectivity index (χ1n) is 5.72. The molecule has 1 aromatic heterocycles. The van der Waals surface area contributed by atoms with E-state index in [1.165, 1.54) is 10.2 Å². The van der Waals surface area contributed by atoms with Gasteiger partial charge in [-0.05, 0) is 0 Å². The fourth-order valence-electron chi connectivity index (χ4n) is 1.93. The molecule has 0 spiro atoms. The molecule has 1 aliphatic rings. The minimum absolute atomic E-state index is 0.228. The molecule has 0 saturated carbocycles. The first-order chi connectivity index (χ1) is 8.43. The van der Waals surface area contributed by atoms with Crippen molar-refractivity contribution in [3.63, 3.8) is 0 Å². The average Bonchev–Trinajstić information content (AvgIpc) is 2.81. The van der Waals surface area contributed by atoms with E-state index in [0.717, 1.165) is 5.32 Å². The monoisotopic (exact) mass is 292 g/mol. The van der Waals surface area contributed by atoms with Crippen LogP contribution in [0.1, 0.15) is 11.8 Å². The minimum atomic E-state index is 0.228. The van der Waals surface area contributed by atoms with Crippen molar-refractivity contribution in [1.82, 2.24) is 0 Å². The zero-order valence-electron chi connectivity index (χ0n) is 9.45. The van der Waals surface area contributed by atoms with Gasteiger partial charge in [0.2, 0.25) is 0 Å². The van der Waals surface area contributed by atoms with Gasteiger partial charge >= 0.3 is 107 Å². The van der Waals surface area contributed by atoms with E-state index in [-0.39, 0.29) is 6.23 Å². The summed E-state index contributed by atoms with van der Waals surface area (Å²) in [5, 5.41) is 1.14. The normalized spacial score (nSPS) is 18.0. The van der Waals surface area contributed by atoms with Gasteiger partial charge in [0.1, 0.15) is 0 Å². The molecule has 86 valence electrons. The average molecular weight is 291 g/mol. The molecule has 1 aliphatic heterocycles. The number of rotatable bonds is 3. The van der Waals surface area contributed by atoms with Crippen LogP contribution in [-0.4, -0.2) is 15.0 Å². The van der Waals surface area contributed by atoms with Crippen molar-refractivity contribution < 1.29 is 9.30 Å². The van der Waals surface area contributed by atoms with Crippen LogP contribution in [0.3, 0.4) is 0 Å². The fourth-order valence-corrected chi connectivity index (χ4v) is 4.18. The van der Waals surface area contributed by atoms with Crippen LogP contribution in [0.4, 0.5) is 0 Å². The Bertz CT molecular complexity index is 501. The molecule has 2 nitrogen and oxygen atoms in total. The Labute approximate surface area is 107 Å². The van der Waals surface area contributed by atoms with E-state index in [0.29, 0.717) is 21.6 Å². The number of nitrogens with zero attached hydrogens (tertiary/aromatic N) is 1. The number of ether oxygens (including phenoxy) is 1. The number of fused-ring (bicyclic) bond motifs is 1. The molecular formula is C14H14NOSe+.